The van der Waals surface area contributed by atoms with Crippen LogP contribution in [0.3, 0.4) is 0 Å². The number of para-hydroxylation sites is 1. The molecule has 2 aromatic rings. The summed E-state index contributed by atoms with van der Waals surface area (Å²) in [6, 6.07) is 8.38. The van der Waals surface area contributed by atoms with E-state index in [2.05, 4.69) is 0 Å². The van der Waals surface area contributed by atoms with Gasteiger partial charge in [-0.15, -0.1) is 0 Å². The normalized spacial score (nSPS) is 15.4. The summed E-state index contributed by atoms with van der Waals surface area (Å²) in [5.74, 6) is -3.24. The predicted molar refractivity (Wildman–Crippen MR) is 102 cm³/mol. The number of rotatable bonds is 5. The molecule has 1 aliphatic heterocycles. The molecule has 0 saturated carbocycles. The van der Waals surface area contributed by atoms with Crippen LogP contribution >= 0.6 is 11.6 Å². The third-order valence-electron chi connectivity index (χ3n) is 3.83. The van der Waals surface area contributed by atoms with E-state index in [0.717, 1.165) is 6.07 Å². The number of amides is 5. The van der Waals surface area contributed by atoms with Crippen molar-refractivity contribution in [2.45, 2.75) is 0 Å². The summed E-state index contributed by atoms with van der Waals surface area (Å²) in [6.45, 7) is -0.374. The van der Waals surface area contributed by atoms with Crippen LogP contribution in [0.5, 0.6) is 5.75 Å². The molecule has 29 heavy (non-hydrogen) atoms. The zero-order valence-electron chi connectivity index (χ0n) is 14.6. The number of primary amides is 1. The van der Waals surface area contributed by atoms with Crippen LogP contribution in [-0.2, 0) is 14.4 Å². The highest BCUT2D eigenvalue weighted by molar-refractivity contribution is 6.39. The van der Waals surface area contributed by atoms with Crippen molar-refractivity contribution >= 4 is 47.1 Å². The van der Waals surface area contributed by atoms with Gasteiger partial charge in [-0.2, -0.15) is 0 Å². The van der Waals surface area contributed by atoms with Crippen LogP contribution < -0.4 is 20.7 Å². The topological polar surface area (TPSA) is 119 Å². The van der Waals surface area contributed by atoms with E-state index in [1.807, 2.05) is 5.32 Å². The van der Waals surface area contributed by atoms with Gasteiger partial charge in [0.25, 0.3) is 17.7 Å². The molecule has 3 N–H and O–H groups in total. The maximum atomic E-state index is 14.1. The maximum Gasteiger partial charge on any atom is 0.336 e. The van der Waals surface area contributed by atoms with Gasteiger partial charge in [-0.1, -0.05) is 29.8 Å². The monoisotopic (exact) mass is 417 g/mol. The molecular weight excluding hydrogens is 405 g/mol. The summed E-state index contributed by atoms with van der Waals surface area (Å²) in [5, 5.41) is 2.10. The number of ether oxygens (including phenoxy) is 1. The second kappa shape index (κ2) is 8.11. The molecule has 5 amide bonds. The average Bonchev–Trinajstić information content (AvgIpc) is 2.65. The summed E-state index contributed by atoms with van der Waals surface area (Å²) in [5.41, 5.74) is 4.65. The summed E-state index contributed by atoms with van der Waals surface area (Å²) in [4.78, 5) is 48.3. The molecule has 3 rings (SSSR count). The van der Waals surface area contributed by atoms with Gasteiger partial charge in [-0.25, -0.2) is 14.1 Å². The minimum atomic E-state index is -1.06. The second-order valence-corrected chi connectivity index (χ2v) is 6.26. The van der Waals surface area contributed by atoms with Crippen LogP contribution in [0.25, 0.3) is 6.08 Å². The Morgan fingerprint density at radius 2 is 1.93 bits per heavy atom. The van der Waals surface area contributed by atoms with E-state index in [9.17, 15) is 23.6 Å². The fourth-order valence-electron chi connectivity index (χ4n) is 2.55. The van der Waals surface area contributed by atoms with Gasteiger partial charge in [-0.3, -0.25) is 19.7 Å². The van der Waals surface area contributed by atoms with E-state index >= 15 is 0 Å². The number of urea groups is 1. The van der Waals surface area contributed by atoms with Crippen molar-refractivity contribution in [3.8, 4) is 5.75 Å². The first-order chi connectivity index (χ1) is 13.8. The van der Waals surface area contributed by atoms with Crippen LogP contribution in [0, 0.1) is 5.82 Å². The molecule has 2 aromatic carbocycles. The number of barbiturate groups is 1. The van der Waals surface area contributed by atoms with E-state index in [4.69, 9.17) is 22.1 Å². The number of carbonyl (C=O) groups excluding carboxylic acids is 4. The fourth-order valence-corrected chi connectivity index (χ4v) is 2.79. The van der Waals surface area contributed by atoms with Crippen molar-refractivity contribution in [3.63, 3.8) is 0 Å². The van der Waals surface area contributed by atoms with E-state index < -0.39 is 35.1 Å². The molecule has 0 atom stereocenters. The molecule has 1 saturated heterocycles. The largest absolute Gasteiger partial charge is 0.482 e. The first-order valence-corrected chi connectivity index (χ1v) is 8.52. The van der Waals surface area contributed by atoms with Crippen molar-refractivity contribution in [2.24, 2.45) is 5.73 Å². The Morgan fingerprint density at radius 1 is 1.21 bits per heavy atom. The third kappa shape index (κ3) is 4.25. The lowest BCUT2D eigenvalue weighted by Gasteiger charge is -2.26. The lowest BCUT2D eigenvalue weighted by molar-refractivity contribution is -0.123. The number of imide groups is 2. The minimum absolute atomic E-state index is 0.103. The van der Waals surface area contributed by atoms with Gasteiger partial charge in [0.1, 0.15) is 17.1 Å². The standard InChI is InChI=1S/C19H13ClFN3O5/c20-12-8-10(5-6-15(12)29-9-16(22)25)7-11-17(26)23-19(28)24(18(11)27)14-4-2-1-3-13(14)21/h1-8H,9H2,(H2,22,25)(H,23,26,28). The number of hydrogen-bond acceptors (Lipinski definition) is 5. The van der Waals surface area contributed by atoms with Crippen molar-refractivity contribution in [3.05, 3.63) is 64.4 Å². The van der Waals surface area contributed by atoms with E-state index in [0.29, 0.717) is 10.5 Å². The molecule has 10 heteroatoms. The summed E-state index contributed by atoms with van der Waals surface area (Å²) in [7, 11) is 0. The molecular formula is C19H13ClFN3O5. The van der Waals surface area contributed by atoms with E-state index in [-0.39, 0.29) is 23.1 Å². The number of hydrogen-bond donors (Lipinski definition) is 2. The summed E-state index contributed by atoms with van der Waals surface area (Å²) >= 11 is 6.07. The zero-order valence-corrected chi connectivity index (χ0v) is 15.4. The number of anilines is 1. The molecule has 0 radical (unpaired) electrons. The first-order valence-electron chi connectivity index (χ1n) is 8.14. The van der Waals surface area contributed by atoms with Crippen molar-refractivity contribution in [1.82, 2.24) is 5.32 Å². The predicted octanol–water partition coefficient (Wildman–Crippen LogP) is 2.01. The molecule has 0 bridgehead atoms. The summed E-state index contributed by atoms with van der Waals surface area (Å²) in [6.07, 6.45) is 1.20. The molecule has 1 heterocycles. The average molecular weight is 418 g/mol. The van der Waals surface area contributed by atoms with Crippen LogP contribution in [0.1, 0.15) is 5.56 Å². The van der Waals surface area contributed by atoms with E-state index in [1.165, 1.54) is 42.5 Å². The Labute approximate surface area is 168 Å². The molecule has 0 spiro atoms. The van der Waals surface area contributed by atoms with Gasteiger partial charge in [0, 0.05) is 0 Å². The molecule has 1 aliphatic rings. The van der Waals surface area contributed by atoms with Crippen LogP contribution in [0.4, 0.5) is 14.9 Å². The Kier molecular flexibility index (Phi) is 5.60. The van der Waals surface area contributed by atoms with Crippen LogP contribution in [0.2, 0.25) is 5.02 Å². The zero-order chi connectivity index (χ0) is 21.1. The minimum Gasteiger partial charge on any atom is -0.482 e. The third-order valence-corrected chi connectivity index (χ3v) is 4.13. The van der Waals surface area contributed by atoms with Gasteiger partial charge >= 0.3 is 6.03 Å². The van der Waals surface area contributed by atoms with Gasteiger partial charge < -0.3 is 10.5 Å². The molecule has 0 unspecified atom stereocenters. The van der Waals surface area contributed by atoms with Crippen molar-refractivity contribution < 1.29 is 28.3 Å². The van der Waals surface area contributed by atoms with Crippen LogP contribution in [0.15, 0.2) is 48.0 Å². The molecule has 8 nitrogen and oxygen atoms in total. The highest BCUT2D eigenvalue weighted by Crippen LogP contribution is 2.28. The van der Waals surface area contributed by atoms with Crippen molar-refractivity contribution in [2.75, 3.05) is 11.5 Å². The Hall–Kier alpha value is -3.72. The number of benzene rings is 2. The SMILES string of the molecule is NC(=O)COc1ccc(C=C2C(=O)NC(=O)N(c3ccccc3F)C2=O)cc1Cl. The number of carbonyl (C=O) groups is 4. The number of nitrogens with zero attached hydrogens (tertiary/aromatic N) is 1. The lowest BCUT2D eigenvalue weighted by atomic mass is 10.1. The maximum absolute atomic E-state index is 14.1. The molecule has 148 valence electrons. The lowest BCUT2D eigenvalue weighted by Crippen LogP contribution is -2.54. The smallest absolute Gasteiger partial charge is 0.336 e. The summed E-state index contributed by atoms with van der Waals surface area (Å²) < 4.78 is 19.2. The van der Waals surface area contributed by atoms with Gasteiger partial charge in [0.05, 0.1) is 10.7 Å². The number of nitrogens with two attached hydrogens (primary N) is 1. The molecule has 1 fully saturated rings. The Morgan fingerprint density at radius 3 is 2.59 bits per heavy atom. The fraction of sp³-hybridized carbons (Fsp3) is 0.0526. The van der Waals surface area contributed by atoms with Crippen molar-refractivity contribution in [1.29, 1.82) is 0 Å². The number of nitrogens with one attached hydrogen (secondary N) is 1. The Balaban J connectivity index is 1.94. The van der Waals surface area contributed by atoms with Gasteiger partial charge in [-0.05, 0) is 35.9 Å². The quantitative estimate of drug-likeness (QED) is 0.569. The molecule has 0 aromatic heterocycles. The van der Waals surface area contributed by atoms with Gasteiger partial charge in [0.2, 0.25) is 0 Å². The Bertz CT molecular complexity index is 1070. The molecule has 0 aliphatic carbocycles. The van der Waals surface area contributed by atoms with Crippen LogP contribution in [-0.4, -0.2) is 30.4 Å². The number of halogens is 2. The first kappa shape index (κ1) is 20.0. The highest BCUT2D eigenvalue weighted by Gasteiger charge is 2.37. The van der Waals surface area contributed by atoms with E-state index in [1.54, 1.807) is 0 Å². The van der Waals surface area contributed by atoms with Gasteiger partial charge in [0.15, 0.2) is 6.61 Å². The second-order valence-electron chi connectivity index (χ2n) is 5.85. The highest BCUT2D eigenvalue weighted by atomic mass is 35.5.